The number of phenolic OH excluding ortho intramolecular Hbond substituents is 1. The van der Waals surface area contributed by atoms with Crippen LogP contribution in [0, 0.1) is 11.7 Å². The lowest BCUT2D eigenvalue weighted by molar-refractivity contribution is 0.431. The van der Waals surface area contributed by atoms with Gasteiger partial charge >= 0.3 is 0 Å². The number of halogens is 1. The van der Waals surface area contributed by atoms with Gasteiger partial charge in [-0.3, -0.25) is 4.99 Å². The van der Waals surface area contributed by atoms with Crippen molar-refractivity contribution in [2.24, 2.45) is 10.9 Å². The summed E-state index contributed by atoms with van der Waals surface area (Å²) in [6.45, 7) is 4.18. The molecule has 1 aliphatic rings. The van der Waals surface area contributed by atoms with Gasteiger partial charge in [0.1, 0.15) is 11.6 Å². The highest BCUT2D eigenvalue weighted by molar-refractivity contribution is 5.99. The number of phenols is 1. The van der Waals surface area contributed by atoms with E-state index in [4.69, 9.17) is 4.99 Å². The third-order valence-corrected chi connectivity index (χ3v) is 4.93. The third-order valence-electron chi connectivity index (χ3n) is 4.93. The van der Waals surface area contributed by atoms with Crippen molar-refractivity contribution in [3.63, 3.8) is 0 Å². The molecule has 3 heteroatoms. The number of rotatable bonds is 5. The summed E-state index contributed by atoms with van der Waals surface area (Å²) in [7, 11) is 0. The van der Waals surface area contributed by atoms with Crippen LogP contribution in [-0.2, 0) is 6.42 Å². The molecule has 2 unspecified atom stereocenters. The van der Waals surface area contributed by atoms with Crippen molar-refractivity contribution in [2.75, 3.05) is 0 Å². The van der Waals surface area contributed by atoms with Gasteiger partial charge in [0.25, 0.3) is 0 Å². The van der Waals surface area contributed by atoms with Crippen LogP contribution in [-0.4, -0.2) is 10.8 Å². The molecular formula is C22H24FNO. The zero-order valence-electron chi connectivity index (χ0n) is 14.7. The summed E-state index contributed by atoms with van der Waals surface area (Å²) >= 11 is 0. The van der Waals surface area contributed by atoms with E-state index in [9.17, 15) is 9.50 Å². The van der Waals surface area contributed by atoms with E-state index in [1.54, 1.807) is 6.07 Å². The number of benzene rings is 2. The summed E-state index contributed by atoms with van der Waals surface area (Å²) in [5.41, 5.74) is 4.32. The molecule has 1 N–H and O–H groups in total. The normalized spacial score (nSPS) is 20.1. The minimum absolute atomic E-state index is 0.0723. The molecule has 0 fully saturated rings. The zero-order valence-corrected chi connectivity index (χ0v) is 14.7. The predicted molar refractivity (Wildman–Crippen MR) is 101 cm³/mol. The van der Waals surface area contributed by atoms with E-state index in [0.717, 1.165) is 36.1 Å². The van der Waals surface area contributed by atoms with Crippen molar-refractivity contribution in [1.29, 1.82) is 0 Å². The van der Waals surface area contributed by atoms with Crippen LogP contribution in [0.25, 0.3) is 0 Å². The first-order chi connectivity index (χ1) is 12.1. The number of allylic oxidation sites excluding steroid dienone is 1. The van der Waals surface area contributed by atoms with Crippen LogP contribution in [0.4, 0.5) is 4.39 Å². The molecule has 0 aliphatic carbocycles. The van der Waals surface area contributed by atoms with Crippen LogP contribution >= 0.6 is 0 Å². The van der Waals surface area contributed by atoms with Crippen molar-refractivity contribution >= 4 is 5.71 Å². The number of para-hydroxylation sites is 1. The van der Waals surface area contributed by atoms with Crippen LogP contribution in [0.15, 0.2) is 65.2 Å². The van der Waals surface area contributed by atoms with E-state index in [-0.39, 0.29) is 17.8 Å². The predicted octanol–water partition coefficient (Wildman–Crippen LogP) is 5.63. The minimum atomic E-state index is -0.207. The van der Waals surface area contributed by atoms with Gasteiger partial charge in [0.05, 0.1) is 6.04 Å². The van der Waals surface area contributed by atoms with Crippen LogP contribution in [0.3, 0.4) is 0 Å². The standard InChI is InChI=1S/C22H24FNO/c1-3-17-14-18(11-8-16-9-12-19(23)13-10-16)22(24-15(17)2)20-6-4-5-7-21(20)25/h4-7,9-10,12-14,18,22,25H,3,8,11H2,1-2H3. The monoisotopic (exact) mass is 337 g/mol. The van der Waals surface area contributed by atoms with E-state index in [1.165, 1.54) is 17.7 Å². The molecule has 2 aromatic carbocycles. The molecule has 0 amide bonds. The van der Waals surface area contributed by atoms with Crippen molar-refractivity contribution < 1.29 is 9.50 Å². The Labute approximate surface area is 148 Å². The van der Waals surface area contributed by atoms with Gasteiger partial charge in [-0.1, -0.05) is 43.3 Å². The number of dihydropyridines is 1. The number of aromatic hydroxyl groups is 1. The Hall–Kier alpha value is -2.42. The average molecular weight is 337 g/mol. The summed E-state index contributed by atoms with van der Waals surface area (Å²) in [5.74, 6) is 0.308. The third kappa shape index (κ3) is 3.98. The number of hydrogen-bond acceptors (Lipinski definition) is 2. The van der Waals surface area contributed by atoms with Gasteiger partial charge in [-0.15, -0.1) is 0 Å². The number of nitrogens with zero attached hydrogens (tertiary/aromatic N) is 1. The summed E-state index contributed by atoms with van der Waals surface area (Å²) < 4.78 is 13.1. The first-order valence-corrected chi connectivity index (χ1v) is 8.86. The lowest BCUT2D eigenvalue weighted by Gasteiger charge is -2.28. The Morgan fingerprint density at radius 2 is 1.80 bits per heavy atom. The topological polar surface area (TPSA) is 32.6 Å². The van der Waals surface area contributed by atoms with Gasteiger partial charge in [0.2, 0.25) is 0 Å². The van der Waals surface area contributed by atoms with Gasteiger partial charge in [-0.05, 0) is 55.5 Å². The number of aliphatic imine (C=N–C) groups is 1. The molecule has 0 bridgehead atoms. The smallest absolute Gasteiger partial charge is 0.123 e. The molecule has 0 spiro atoms. The molecule has 2 nitrogen and oxygen atoms in total. The van der Waals surface area contributed by atoms with Gasteiger partial charge in [-0.25, -0.2) is 4.39 Å². The van der Waals surface area contributed by atoms with Crippen LogP contribution < -0.4 is 0 Å². The fraction of sp³-hybridized carbons (Fsp3) is 0.318. The molecule has 0 aromatic heterocycles. The molecule has 25 heavy (non-hydrogen) atoms. The van der Waals surface area contributed by atoms with Gasteiger partial charge in [-0.2, -0.15) is 0 Å². The quantitative estimate of drug-likeness (QED) is 0.753. The van der Waals surface area contributed by atoms with Gasteiger partial charge < -0.3 is 5.11 Å². The zero-order chi connectivity index (χ0) is 17.8. The maximum absolute atomic E-state index is 13.1. The fourth-order valence-corrected chi connectivity index (χ4v) is 3.49. The Kier molecular flexibility index (Phi) is 5.32. The number of aryl methyl sites for hydroxylation is 1. The molecule has 1 heterocycles. The van der Waals surface area contributed by atoms with E-state index >= 15 is 0 Å². The second-order valence-corrected chi connectivity index (χ2v) is 6.59. The van der Waals surface area contributed by atoms with Crippen molar-refractivity contribution in [2.45, 2.75) is 39.2 Å². The summed E-state index contributed by atoms with van der Waals surface area (Å²) in [5, 5.41) is 10.3. The van der Waals surface area contributed by atoms with Gasteiger partial charge in [0, 0.05) is 17.2 Å². The van der Waals surface area contributed by atoms with E-state index in [2.05, 4.69) is 13.0 Å². The maximum atomic E-state index is 13.1. The maximum Gasteiger partial charge on any atom is 0.123 e. The minimum Gasteiger partial charge on any atom is -0.508 e. The lowest BCUT2D eigenvalue weighted by atomic mass is 9.83. The fourth-order valence-electron chi connectivity index (χ4n) is 3.49. The molecule has 0 saturated carbocycles. The second-order valence-electron chi connectivity index (χ2n) is 6.59. The highest BCUT2D eigenvalue weighted by Gasteiger charge is 2.27. The van der Waals surface area contributed by atoms with E-state index < -0.39 is 0 Å². The Morgan fingerprint density at radius 1 is 1.08 bits per heavy atom. The Morgan fingerprint density at radius 3 is 2.48 bits per heavy atom. The van der Waals surface area contributed by atoms with Crippen molar-refractivity contribution in [3.05, 3.63) is 77.1 Å². The molecular weight excluding hydrogens is 313 g/mol. The highest BCUT2D eigenvalue weighted by atomic mass is 19.1. The summed E-state index contributed by atoms with van der Waals surface area (Å²) in [4.78, 5) is 4.90. The second kappa shape index (κ2) is 7.64. The lowest BCUT2D eigenvalue weighted by Crippen LogP contribution is -2.18. The Bertz CT molecular complexity index is 792. The first-order valence-electron chi connectivity index (χ1n) is 8.86. The van der Waals surface area contributed by atoms with Crippen molar-refractivity contribution in [3.8, 4) is 5.75 Å². The molecule has 3 rings (SSSR count). The van der Waals surface area contributed by atoms with Crippen LogP contribution in [0.5, 0.6) is 5.75 Å². The number of hydrogen-bond donors (Lipinski definition) is 1. The van der Waals surface area contributed by atoms with Gasteiger partial charge in [0.15, 0.2) is 0 Å². The molecule has 1 aliphatic heterocycles. The highest BCUT2D eigenvalue weighted by Crippen LogP contribution is 2.39. The van der Waals surface area contributed by atoms with E-state index in [0.29, 0.717) is 5.75 Å². The van der Waals surface area contributed by atoms with Crippen LogP contribution in [0.1, 0.15) is 43.9 Å². The summed E-state index contributed by atoms with van der Waals surface area (Å²) in [6.07, 6.45) is 5.03. The molecule has 0 radical (unpaired) electrons. The first kappa shape index (κ1) is 17.4. The molecule has 130 valence electrons. The largest absolute Gasteiger partial charge is 0.508 e. The molecule has 2 aromatic rings. The molecule has 0 saturated heterocycles. The Balaban J connectivity index is 1.85. The van der Waals surface area contributed by atoms with Crippen LogP contribution in [0.2, 0.25) is 0 Å². The summed E-state index contributed by atoms with van der Waals surface area (Å²) in [6, 6.07) is 14.1. The van der Waals surface area contributed by atoms with E-state index in [1.807, 2.05) is 37.3 Å². The van der Waals surface area contributed by atoms with Crippen molar-refractivity contribution in [1.82, 2.24) is 0 Å². The SMILES string of the molecule is CCC1=CC(CCc2ccc(F)cc2)C(c2ccccc2O)N=C1C. The average Bonchev–Trinajstić information content (AvgIpc) is 2.62. The molecule has 2 atom stereocenters.